The van der Waals surface area contributed by atoms with Gasteiger partial charge in [-0.2, -0.15) is 0 Å². The first-order valence-electron chi connectivity index (χ1n) is 4.89. The molecule has 0 radical (unpaired) electrons. The van der Waals surface area contributed by atoms with E-state index in [-0.39, 0.29) is 5.92 Å². The van der Waals surface area contributed by atoms with Crippen molar-refractivity contribution in [3.63, 3.8) is 0 Å². The van der Waals surface area contributed by atoms with Crippen LogP contribution in [0.25, 0.3) is 0 Å². The molecular weight excluding hydrogens is 198 g/mol. The van der Waals surface area contributed by atoms with Crippen molar-refractivity contribution in [2.24, 2.45) is 5.92 Å². The quantitative estimate of drug-likeness (QED) is 0.680. The molecule has 84 valence electrons. The van der Waals surface area contributed by atoms with Gasteiger partial charge in [0, 0.05) is 19.2 Å². The minimum atomic E-state index is -0.937. The van der Waals surface area contributed by atoms with Crippen molar-refractivity contribution in [3.8, 4) is 0 Å². The van der Waals surface area contributed by atoms with Crippen LogP contribution in [0.1, 0.15) is 19.8 Å². The van der Waals surface area contributed by atoms with E-state index in [9.17, 15) is 9.59 Å². The lowest BCUT2D eigenvalue weighted by Crippen LogP contribution is -2.37. The predicted octanol–water partition coefficient (Wildman–Crippen LogP) is 1.41. The number of rotatable bonds is 2. The van der Waals surface area contributed by atoms with Crippen LogP contribution in [0.5, 0.6) is 0 Å². The number of hydrogen-bond donors (Lipinski definition) is 2. The number of aliphatic carboxylic acids is 1. The van der Waals surface area contributed by atoms with Crippen molar-refractivity contribution in [1.29, 1.82) is 0 Å². The summed E-state index contributed by atoms with van der Waals surface area (Å²) in [5, 5.41) is 17.3. The van der Waals surface area contributed by atoms with E-state index < -0.39 is 12.1 Å². The third-order valence-electron chi connectivity index (χ3n) is 2.76. The summed E-state index contributed by atoms with van der Waals surface area (Å²) in [6.45, 7) is 2.77. The van der Waals surface area contributed by atoms with E-state index in [0.717, 1.165) is 5.57 Å². The van der Waals surface area contributed by atoms with Gasteiger partial charge in [0.05, 0.1) is 0 Å². The zero-order valence-corrected chi connectivity index (χ0v) is 8.64. The van der Waals surface area contributed by atoms with Gasteiger partial charge in [0.2, 0.25) is 0 Å². The van der Waals surface area contributed by atoms with Crippen LogP contribution in [0.15, 0.2) is 11.6 Å². The van der Waals surface area contributed by atoms with E-state index in [4.69, 9.17) is 10.2 Å². The Morgan fingerprint density at radius 2 is 1.80 bits per heavy atom. The summed E-state index contributed by atoms with van der Waals surface area (Å²) >= 11 is 0. The minimum Gasteiger partial charge on any atom is -0.478 e. The molecule has 1 amide bonds. The second-order valence-electron chi connectivity index (χ2n) is 3.77. The number of likely N-dealkylation sites (tertiary alicyclic amines) is 1. The van der Waals surface area contributed by atoms with Crippen molar-refractivity contribution in [1.82, 2.24) is 4.90 Å². The standard InChI is InChI=1S/C10H15NO4/c1-7(6-9(12)13)8-2-4-11(5-3-8)10(14)15/h6,8H,2-5H2,1H3,(H,12,13)(H,14,15). The van der Waals surface area contributed by atoms with E-state index in [0.29, 0.717) is 25.9 Å². The number of amides is 1. The predicted molar refractivity (Wildman–Crippen MR) is 53.7 cm³/mol. The number of carbonyl (C=O) groups is 2. The molecule has 2 N–H and O–H groups in total. The molecule has 1 aliphatic rings. The lowest BCUT2D eigenvalue weighted by molar-refractivity contribution is -0.131. The summed E-state index contributed by atoms with van der Waals surface area (Å²) in [5.41, 5.74) is 0.826. The molecule has 0 atom stereocenters. The number of carboxylic acid groups (broad SMARTS) is 2. The fourth-order valence-corrected chi connectivity index (χ4v) is 1.84. The molecule has 0 aliphatic carbocycles. The van der Waals surface area contributed by atoms with Gasteiger partial charge < -0.3 is 15.1 Å². The first kappa shape index (κ1) is 11.6. The number of hydrogen-bond acceptors (Lipinski definition) is 2. The zero-order chi connectivity index (χ0) is 11.4. The van der Waals surface area contributed by atoms with E-state index in [1.54, 1.807) is 6.92 Å². The Morgan fingerprint density at radius 1 is 1.27 bits per heavy atom. The molecule has 0 unspecified atom stereocenters. The molecule has 0 saturated carbocycles. The molecule has 1 rings (SSSR count). The van der Waals surface area contributed by atoms with Gasteiger partial charge in [0.15, 0.2) is 0 Å². The SMILES string of the molecule is CC(=CC(=O)O)C1CCN(C(=O)O)CC1. The van der Waals surface area contributed by atoms with Gasteiger partial charge >= 0.3 is 12.1 Å². The highest BCUT2D eigenvalue weighted by atomic mass is 16.4. The van der Waals surface area contributed by atoms with Gasteiger partial charge in [-0.15, -0.1) is 0 Å². The average Bonchev–Trinajstić information content (AvgIpc) is 2.17. The van der Waals surface area contributed by atoms with Crippen LogP contribution in [0, 0.1) is 5.92 Å². The molecule has 5 heteroatoms. The molecule has 0 aromatic carbocycles. The Balaban J connectivity index is 2.50. The largest absolute Gasteiger partial charge is 0.478 e. The van der Waals surface area contributed by atoms with Crippen molar-refractivity contribution >= 4 is 12.1 Å². The summed E-state index contributed by atoms with van der Waals surface area (Å²) in [6.07, 6.45) is 1.73. The van der Waals surface area contributed by atoms with Gasteiger partial charge in [-0.1, -0.05) is 5.57 Å². The Bertz CT molecular complexity index is 290. The molecule has 15 heavy (non-hydrogen) atoms. The first-order valence-corrected chi connectivity index (χ1v) is 4.89. The average molecular weight is 213 g/mol. The zero-order valence-electron chi connectivity index (χ0n) is 8.64. The van der Waals surface area contributed by atoms with Gasteiger partial charge in [0.1, 0.15) is 0 Å². The summed E-state index contributed by atoms with van der Waals surface area (Å²) in [6, 6.07) is 0. The molecule has 1 saturated heterocycles. The van der Waals surface area contributed by atoms with Crippen molar-refractivity contribution in [2.45, 2.75) is 19.8 Å². The summed E-state index contributed by atoms with van der Waals surface area (Å²) in [4.78, 5) is 22.4. The molecule has 5 nitrogen and oxygen atoms in total. The highest BCUT2D eigenvalue weighted by Gasteiger charge is 2.23. The van der Waals surface area contributed by atoms with E-state index in [1.165, 1.54) is 11.0 Å². The Kier molecular flexibility index (Phi) is 3.71. The molecule has 0 aromatic heterocycles. The monoisotopic (exact) mass is 213 g/mol. The molecule has 1 aliphatic heterocycles. The second kappa shape index (κ2) is 4.82. The summed E-state index contributed by atoms with van der Waals surface area (Å²) in [5.74, 6) is -0.732. The van der Waals surface area contributed by atoms with Crippen molar-refractivity contribution < 1.29 is 19.8 Å². The van der Waals surface area contributed by atoms with Crippen LogP contribution in [0.2, 0.25) is 0 Å². The van der Waals surface area contributed by atoms with Crippen LogP contribution in [0.3, 0.4) is 0 Å². The van der Waals surface area contributed by atoms with Crippen molar-refractivity contribution in [3.05, 3.63) is 11.6 Å². The normalized spacial score (nSPS) is 19.0. The molecule has 1 heterocycles. The van der Waals surface area contributed by atoms with E-state index in [2.05, 4.69) is 0 Å². The van der Waals surface area contributed by atoms with Crippen LogP contribution in [-0.4, -0.2) is 40.3 Å². The second-order valence-corrected chi connectivity index (χ2v) is 3.77. The summed E-state index contributed by atoms with van der Waals surface area (Å²) in [7, 11) is 0. The molecule has 0 bridgehead atoms. The van der Waals surface area contributed by atoms with Gasteiger partial charge in [-0.05, 0) is 25.7 Å². The fraction of sp³-hybridized carbons (Fsp3) is 0.600. The topological polar surface area (TPSA) is 77.8 Å². The van der Waals surface area contributed by atoms with Crippen LogP contribution in [-0.2, 0) is 4.79 Å². The third-order valence-corrected chi connectivity index (χ3v) is 2.76. The van der Waals surface area contributed by atoms with Crippen LogP contribution < -0.4 is 0 Å². The molecule has 0 aromatic rings. The van der Waals surface area contributed by atoms with Crippen LogP contribution in [0.4, 0.5) is 4.79 Å². The van der Waals surface area contributed by atoms with Gasteiger partial charge in [-0.25, -0.2) is 9.59 Å². The number of piperidine rings is 1. The van der Waals surface area contributed by atoms with Gasteiger partial charge in [-0.3, -0.25) is 0 Å². The highest BCUT2D eigenvalue weighted by molar-refractivity contribution is 5.80. The first-order chi connectivity index (χ1) is 7.00. The maximum Gasteiger partial charge on any atom is 0.407 e. The lowest BCUT2D eigenvalue weighted by atomic mass is 9.90. The van der Waals surface area contributed by atoms with E-state index >= 15 is 0 Å². The third kappa shape index (κ3) is 3.27. The Hall–Kier alpha value is -1.52. The molecule has 1 fully saturated rings. The summed E-state index contributed by atoms with van der Waals surface area (Å²) < 4.78 is 0. The smallest absolute Gasteiger partial charge is 0.407 e. The minimum absolute atomic E-state index is 0.205. The number of carboxylic acids is 1. The number of nitrogens with zero attached hydrogens (tertiary/aromatic N) is 1. The molecular formula is C10H15NO4. The lowest BCUT2D eigenvalue weighted by Gasteiger charge is -2.30. The number of allylic oxidation sites excluding steroid dienone is 1. The van der Waals surface area contributed by atoms with Crippen LogP contribution >= 0.6 is 0 Å². The maximum atomic E-state index is 10.6. The van der Waals surface area contributed by atoms with Crippen molar-refractivity contribution in [2.75, 3.05) is 13.1 Å². The fourth-order valence-electron chi connectivity index (χ4n) is 1.84. The Morgan fingerprint density at radius 3 is 2.20 bits per heavy atom. The Labute approximate surface area is 88.0 Å². The highest BCUT2D eigenvalue weighted by Crippen LogP contribution is 2.24. The van der Waals surface area contributed by atoms with Gasteiger partial charge in [0.25, 0.3) is 0 Å². The van der Waals surface area contributed by atoms with E-state index in [1.807, 2.05) is 0 Å². The molecule has 0 spiro atoms. The maximum absolute atomic E-state index is 10.6.